The Morgan fingerprint density at radius 1 is 1.14 bits per heavy atom. The summed E-state index contributed by atoms with van der Waals surface area (Å²) in [5.74, 6) is 1.57. The summed E-state index contributed by atoms with van der Waals surface area (Å²) in [6.45, 7) is 1.79. The highest BCUT2D eigenvalue weighted by atomic mass is 16.1. The number of rotatable bonds is 6. The van der Waals surface area contributed by atoms with Crippen molar-refractivity contribution in [2.45, 2.75) is 57.3 Å². The van der Waals surface area contributed by atoms with Crippen molar-refractivity contribution < 1.29 is 4.79 Å². The molecule has 0 spiro atoms. The third-order valence-corrected chi connectivity index (χ3v) is 5.26. The molecule has 1 aliphatic heterocycles. The van der Waals surface area contributed by atoms with E-state index < -0.39 is 0 Å². The van der Waals surface area contributed by atoms with Crippen LogP contribution in [-0.4, -0.2) is 19.0 Å². The van der Waals surface area contributed by atoms with Crippen LogP contribution in [-0.2, 0) is 4.79 Å². The summed E-state index contributed by atoms with van der Waals surface area (Å²) in [6, 6.07) is 8.51. The van der Waals surface area contributed by atoms with E-state index in [0.29, 0.717) is 12.3 Å². The molecular formula is C19H28N2O. The first-order chi connectivity index (χ1) is 10.8. The fourth-order valence-corrected chi connectivity index (χ4v) is 3.90. The van der Waals surface area contributed by atoms with Gasteiger partial charge >= 0.3 is 0 Å². The molecule has 1 heterocycles. The maximum absolute atomic E-state index is 12.0. The van der Waals surface area contributed by atoms with Gasteiger partial charge in [0.05, 0.1) is 0 Å². The molecule has 3 rings (SSSR count). The maximum Gasteiger partial charge on any atom is 0.220 e. The summed E-state index contributed by atoms with van der Waals surface area (Å²) in [4.78, 5) is 12.0. The lowest BCUT2D eigenvalue weighted by Crippen LogP contribution is -2.26. The van der Waals surface area contributed by atoms with Gasteiger partial charge in [-0.15, -0.1) is 0 Å². The Morgan fingerprint density at radius 2 is 1.95 bits per heavy atom. The number of hydrogen-bond donors (Lipinski definition) is 2. The summed E-state index contributed by atoms with van der Waals surface area (Å²) in [6.07, 6.45) is 9.60. The second-order valence-corrected chi connectivity index (χ2v) is 6.85. The van der Waals surface area contributed by atoms with E-state index in [2.05, 4.69) is 34.9 Å². The number of carbonyl (C=O) groups excluding carboxylic acids is 1. The van der Waals surface area contributed by atoms with Gasteiger partial charge in [0.2, 0.25) is 5.91 Å². The average Bonchev–Trinajstić information content (AvgIpc) is 2.97. The summed E-state index contributed by atoms with van der Waals surface area (Å²) in [5, 5.41) is 6.56. The van der Waals surface area contributed by atoms with Crippen LogP contribution >= 0.6 is 0 Å². The number of fused-ring (bicyclic) bond motifs is 1. The summed E-state index contributed by atoms with van der Waals surface area (Å²) in [7, 11) is 0. The predicted molar refractivity (Wildman–Crippen MR) is 91.1 cm³/mol. The molecule has 1 aromatic rings. The van der Waals surface area contributed by atoms with Crippen molar-refractivity contribution in [3.63, 3.8) is 0 Å². The Balaban J connectivity index is 1.34. The van der Waals surface area contributed by atoms with Crippen LogP contribution in [0.1, 0.15) is 62.8 Å². The van der Waals surface area contributed by atoms with E-state index >= 15 is 0 Å². The van der Waals surface area contributed by atoms with Gasteiger partial charge in [-0.25, -0.2) is 0 Å². The van der Waals surface area contributed by atoms with Crippen LogP contribution in [0.3, 0.4) is 0 Å². The van der Waals surface area contributed by atoms with Crippen LogP contribution in [0, 0.1) is 5.92 Å². The molecule has 0 unspecified atom stereocenters. The minimum absolute atomic E-state index is 0.241. The zero-order valence-corrected chi connectivity index (χ0v) is 13.4. The first-order valence-electron chi connectivity index (χ1n) is 8.92. The number of para-hydroxylation sites is 1. The molecule has 0 bridgehead atoms. The third-order valence-electron chi connectivity index (χ3n) is 5.26. The highest BCUT2D eigenvalue weighted by Gasteiger charge is 2.21. The summed E-state index contributed by atoms with van der Waals surface area (Å²) >= 11 is 0. The lowest BCUT2D eigenvalue weighted by molar-refractivity contribution is -0.121. The SMILES string of the molecule is O=C(CCC1CCCCC1)NCC[C@H]1CNc2ccccc21. The lowest BCUT2D eigenvalue weighted by Gasteiger charge is -2.21. The fourth-order valence-electron chi connectivity index (χ4n) is 3.90. The van der Waals surface area contributed by atoms with Crippen molar-refractivity contribution in [1.29, 1.82) is 0 Å². The molecular weight excluding hydrogens is 272 g/mol. The molecule has 2 N–H and O–H groups in total. The molecule has 0 saturated heterocycles. The van der Waals surface area contributed by atoms with Gasteiger partial charge in [0, 0.05) is 31.1 Å². The smallest absolute Gasteiger partial charge is 0.220 e. The second kappa shape index (κ2) is 7.66. The molecule has 1 saturated carbocycles. The normalized spacial score (nSPS) is 21.2. The van der Waals surface area contributed by atoms with E-state index in [-0.39, 0.29) is 5.91 Å². The first-order valence-corrected chi connectivity index (χ1v) is 8.92. The average molecular weight is 300 g/mol. The van der Waals surface area contributed by atoms with Crippen molar-refractivity contribution in [3.05, 3.63) is 29.8 Å². The molecule has 22 heavy (non-hydrogen) atoms. The van der Waals surface area contributed by atoms with Crippen LogP contribution in [0.4, 0.5) is 5.69 Å². The highest BCUT2D eigenvalue weighted by molar-refractivity contribution is 5.75. The van der Waals surface area contributed by atoms with Gasteiger partial charge < -0.3 is 10.6 Å². The monoisotopic (exact) mass is 300 g/mol. The van der Waals surface area contributed by atoms with Gasteiger partial charge in [-0.2, -0.15) is 0 Å². The Morgan fingerprint density at radius 3 is 2.82 bits per heavy atom. The molecule has 1 atom stereocenters. The second-order valence-electron chi connectivity index (χ2n) is 6.85. The van der Waals surface area contributed by atoms with Crippen LogP contribution in [0.15, 0.2) is 24.3 Å². The molecule has 1 fully saturated rings. The first kappa shape index (κ1) is 15.4. The van der Waals surface area contributed by atoms with Crippen LogP contribution in [0.5, 0.6) is 0 Å². The molecule has 3 nitrogen and oxygen atoms in total. The highest BCUT2D eigenvalue weighted by Crippen LogP contribution is 2.32. The minimum Gasteiger partial charge on any atom is -0.384 e. The van der Waals surface area contributed by atoms with Crippen molar-refractivity contribution >= 4 is 11.6 Å². The number of benzene rings is 1. The van der Waals surface area contributed by atoms with E-state index in [1.54, 1.807) is 0 Å². The number of nitrogens with one attached hydrogen (secondary N) is 2. The van der Waals surface area contributed by atoms with E-state index in [4.69, 9.17) is 0 Å². The van der Waals surface area contributed by atoms with Gasteiger partial charge in [0.1, 0.15) is 0 Å². The van der Waals surface area contributed by atoms with Gasteiger partial charge in [-0.1, -0.05) is 50.3 Å². The van der Waals surface area contributed by atoms with Gasteiger partial charge in [-0.05, 0) is 30.4 Å². The molecule has 1 aromatic carbocycles. The fraction of sp³-hybridized carbons (Fsp3) is 0.632. The molecule has 2 aliphatic rings. The number of carbonyl (C=O) groups is 1. The Bertz CT molecular complexity index is 494. The molecule has 120 valence electrons. The number of anilines is 1. The van der Waals surface area contributed by atoms with Crippen LogP contribution in [0.25, 0.3) is 0 Å². The van der Waals surface area contributed by atoms with Crippen molar-refractivity contribution in [3.8, 4) is 0 Å². The Hall–Kier alpha value is -1.51. The van der Waals surface area contributed by atoms with E-state index in [0.717, 1.165) is 31.8 Å². The topological polar surface area (TPSA) is 41.1 Å². The maximum atomic E-state index is 12.0. The Kier molecular flexibility index (Phi) is 5.36. The lowest BCUT2D eigenvalue weighted by atomic mass is 9.86. The predicted octanol–water partition coefficient (Wildman–Crippen LogP) is 4.06. The summed E-state index contributed by atoms with van der Waals surface area (Å²) < 4.78 is 0. The third kappa shape index (κ3) is 4.02. The number of amides is 1. The molecule has 3 heteroatoms. The summed E-state index contributed by atoms with van der Waals surface area (Å²) in [5.41, 5.74) is 2.66. The van der Waals surface area contributed by atoms with Crippen LogP contribution in [0.2, 0.25) is 0 Å². The van der Waals surface area contributed by atoms with E-state index in [1.807, 2.05) is 0 Å². The van der Waals surface area contributed by atoms with Gasteiger partial charge in [0.15, 0.2) is 0 Å². The van der Waals surface area contributed by atoms with E-state index in [9.17, 15) is 4.79 Å². The zero-order valence-electron chi connectivity index (χ0n) is 13.4. The van der Waals surface area contributed by atoms with E-state index in [1.165, 1.54) is 43.4 Å². The van der Waals surface area contributed by atoms with Crippen molar-refractivity contribution in [2.75, 3.05) is 18.4 Å². The quantitative estimate of drug-likeness (QED) is 0.831. The van der Waals surface area contributed by atoms with Crippen molar-refractivity contribution in [1.82, 2.24) is 5.32 Å². The van der Waals surface area contributed by atoms with Gasteiger partial charge in [0.25, 0.3) is 0 Å². The largest absolute Gasteiger partial charge is 0.384 e. The zero-order chi connectivity index (χ0) is 15.2. The standard InChI is InChI=1S/C19H28N2O/c22-19(11-10-15-6-2-1-3-7-15)20-13-12-16-14-21-18-9-5-4-8-17(16)18/h4-5,8-9,15-16,21H,1-3,6-7,10-14H2,(H,20,22)/t16-/m0/s1. The van der Waals surface area contributed by atoms with Crippen LogP contribution < -0.4 is 10.6 Å². The molecule has 0 radical (unpaired) electrons. The van der Waals surface area contributed by atoms with Gasteiger partial charge in [-0.3, -0.25) is 4.79 Å². The Labute approximate surface area is 133 Å². The molecule has 0 aromatic heterocycles. The number of hydrogen-bond acceptors (Lipinski definition) is 2. The molecule has 1 aliphatic carbocycles. The minimum atomic E-state index is 0.241. The molecule has 1 amide bonds. The van der Waals surface area contributed by atoms with Crippen molar-refractivity contribution in [2.24, 2.45) is 5.92 Å².